The molecule has 114 valence electrons. The first-order valence-corrected chi connectivity index (χ1v) is 7.28. The van der Waals surface area contributed by atoms with Crippen LogP contribution in [0.3, 0.4) is 0 Å². The highest BCUT2D eigenvalue weighted by Gasteiger charge is 2.13. The van der Waals surface area contributed by atoms with Crippen LogP contribution in [0.25, 0.3) is 0 Å². The van der Waals surface area contributed by atoms with E-state index in [1.54, 1.807) is 13.0 Å². The minimum Gasteiger partial charge on any atom is -0.478 e. The number of benzene rings is 2. The molecule has 0 spiro atoms. The second-order valence-electron chi connectivity index (χ2n) is 4.64. The van der Waals surface area contributed by atoms with E-state index in [2.05, 4.69) is 21.2 Å². The number of hydrogen-bond donors (Lipinski definition) is 2. The van der Waals surface area contributed by atoms with Crippen LogP contribution in [-0.4, -0.2) is 17.2 Å². The zero-order valence-corrected chi connectivity index (χ0v) is 13.4. The van der Waals surface area contributed by atoms with Crippen LogP contribution in [0.1, 0.15) is 21.5 Å². The second-order valence-corrected chi connectivity index (χ2v) is 5.49. The van der Waals surface area contributed by atoms with Gasteiger partial charge in [0.15, 0.2) is 0 Å². The number of carbonyl (C=O) groups is 2. The highest BCUT2D eigenvalue weighted by molar-refractivity contribution is 9.10. The van der Waals surface area contributed by atoms with Crippen LogP contribution in [0, 0.1) is 6.92 Å². The van der Waals surface area contributed by atoms with Crippen LogP contribution in [0.15, 0.2) is 46.9 Å². The van der Waals surface area contributed by atoms with Gasteiger partial charge in [-0.1, -0.05) is 30.3 Å². The van der Waals surface area contributed by atoms with Gasteiger partial charge < -0.3 is 9.84 Å². The number of halogens is 1. The summed E-state index contributed by atoms with van der Waals surface area (Å²) >= 11 is 3.29. The molecule has 6 heteroatoms. The molecule has 0 aromatic heterocycles. The molecule has 0 aliphatic carbocycles. The van der Waals surface area contributed by atoms with Crippen molar-refractivity contribution in [3.63, 3.8) is 0 Å². The molecule has 2 N–H and O–H groups in total. The molecule has 0 bridgehead atoms. The van der Waals surface area contributed by atoms with Gasteiger partial charge in [-0.05, 0) is 46.1 Å². The number of hydrogen-bond acceptors (Lipinski definition) is 3. The zero-order chi connectivity index (χ0) is 16.1. The summed E-state index contributed by atoms with van der Waals surface area (Å²) in [5.74, 6) is -1.05. The minimum atomic E-state index is -1.05. The van der Waals surface area contributed by atoms with Crippen LogP contribution < -0.4 is 5.32 Å². The van der Waals surface area contributed by atoms with Gasteiger partial charge in [-0.15, -0.1) is 0 Å². The molecule has 0 saturated carbocycles. The molecule has 2 aromatic carbocycles. The fraction of sp³-hybridized carbons (Fsp3) is 0.125. The van der Waals surface area contributed by atoms with Crippen LogP contribution in [0.4, 0.5) is 10.5 Å². The quantitative estimate of drug-likeness (QED) is 0.853. The largest absolute Gasteiger partial charge is 0.478 e. The number of carboxylic acid groups (broad SMARTS) is 1. The number of ether oxygens (including phenoxy) is 1. The molecule has 0 radical (unpaired) electrons. The van der Waals surface area contributed by atoms with E-state index in [4.69, 9.17) is 9.84 Å². The molecular weight excluding hydrogens is 350 g/mol. The van der Waals surface area contributed by atoms with E-state index in [9.17, 15) is 9.59 Å². The molecule has 0 fully saturated rings. The van der Waals surface area contributed by atoms with Crippen LogP contribution >= 0.6 is 15.9 Å². The molecular formula is C16H14BrNO4. The first-order chi connectivity index (χ1) is 10.5. The van der Waals surface area contributed by atoms with E-state index < -0.39 is 12.1 Å². The Morgan fingerprint density at radius 1 is 1.23 bits per heavy atom. The number of nitrogens with one attached hydrogen (secondary N) is 1. The average molecular weight is 364 g/mol. The molecule has 2 aromatic rings. The number of aryl methyl sites for hydroxylation is 1. The first-order valence-electron chi connectivity index (χ1n) is 6.48. The fourth-order valence-electron chi connectivity index (χ4n) is 1.87. The van der Waals surface area contributed by atoms with E-state index in [0.717, 1.165) is 5.56 Å². The monoisotopic (exact) mass is 363 g/mol. The normalized spacial score (nSPS) is 10.1. The molecule has 0 aliphatic rings. The molecule has 2 rings (SSSR count). The van der Waals surface area contributed by atoms with Gasteiger partial charge in [0.1, 0.15) is 6.61 Å². The van der Waals surface area contributed by atoms with E-state index >= 15 is 0 Å². The van der Waals surface area contributed by atoms with Crippen molar-refractivity contribution in [1.29, 1.82) is 0 Å². The highest BCUT2D eigenvalue weighted by atomic mass is 79.9. The second kappa shape index (κ2) is 7.09. The van der Waals surface area contributed by atoms with Crippen molar-refractivity contribution in [3.8, 4) is 0 Å². The van der Waals surface area contributed by atoms with Crippen molar-refractivity contribution in [1.82, 2.24) is 0 Å². The van der Waals surface area contributed by atoms with Gasteiger partial charge in [0.2, 0.25) is 0 Å². The van der Waals surface area contributed by atoms with Crippen molar-refractivity contribution < 1.29 is 19.4 Å². The van der Waals surface area contributed by atoms with Gasteiger partial charge in [0.25, 0.3) is 0 Å². The Morgan fingerprint density at radius 2 is 1.91 bits per heavy atom. The smallest absolute Gasteiger partial charge is 0.411 e. The lowest BCUT2D eigenvalue weighted by molar-refractivity contribution is 0.0696. The van der Waals surface area contributed by atoms with Crippen LogP contribution in [0.5, 0.6) is 0 Å². The summed E-state index contributed by atoms with van der Waals surface area (Å²) in [6, 6.07) is 12.3. The summed E-state index contributed by atoms with van der Waals surface area (Å²) in [4.78, 5) is 22.9. The lowest BCUT2D eigenvalue weighted by Crippen LogP contribution is -2.14. The highest BCUT2D eigenvalue weighted by Crippen LogP contribution is 2.26. The maximum atomic E-state index is 11.8. The predicted octanol–water partition coefficient (Wildman–Crippen LogP) is 4.20. The predicted molar refractivity (Wildman–Crippen MR) is 86.1 cm³/mol. The van der Waals surface area contributed by atoms with Gasteiger partial charge in [-0.2, -0.15) is 0 Å². The van der Waals surface area contributed by atoms with Crippen LogP contribution in [0.2, 0.25) is 0 Å². The Bertz CT molecular complexity index is 701. The van der Waals surface area contributed by atoms with E-state index in [1.807, 2.05) is 30.3 Å². The van der Waals surface area contributed by atoms with Crippen molar-refractivity contribution in [2.45, 2.75) is 13.5 Å². The van der Waals surface area contributed by atoms with Crippen molar-refractivity contribution in [2.24, 2.45) is 0 Å². The zero-order valence-electron chi connectivity index (χ0n) is 11.8. The minimum absolute atomic E-state index is 0.126. The SMILES string of the molecule is Cc1cc(Br)c(NC(=O)OCc2ccccc2)cc1C(=O)O. The lowest BCUT2D eigenvalue weighted by atomic mass is 10.1. The van der Waals surface area contributed by atoms with E-state index in [0.29, 0.717) is 15.7 Å². The Balaban J connectivity index is 2.05. The molecule has 0 unspecified atom stereocenters. The van der Waals surface area contributed by atoms with Gasteiger partial charge in [0, 0.05) is 4.47 Å². The van der Waals surface area contributed by atoms with Gasteiger partial charge >= 0.3 is 12.1 Å². The Morgan fingerprint density at radius 3 is 2.55 bits per heavy atom. The molecule has 0 heterocycles. The van der Waals surface area contributed by atoms with Crippen molar-refractivity contribution in [2.75, 3.05) is 5.32 Å². The van der Waals surface area contributed by atoms with Crippen molar-refractivity contribution >= 4 is 33.7 Å². The number of anilines is 1. The maximum Gasteiger partial charge on any atom is 0.411 e. The van der Waals surface area contributed by atoms with Crippen molar-refractivity contribution in [3.05, 3.63) is 63.6 Å². The molecule has 0 atom stereocenters. The third-order valence-corrected chi connectivity index (χ3v) is 3.65. The number of aromatic carboxylic acids is 1. The molecule has 5 nitrogen and oxygen atoms in total. The van der Waals surface area contributed by atoms with Gasteiger partial charge in [-0.3, -0.25) is 5.32 Å². The molecule has 0 saturated heterocycles. The lowest BCUT2D eigenvalue weighted by Gasteiger charge is -2.11. The maximum absolute atomic E-state index is 11.8. The third kappa shape index (κ3) is 4.08. The first kappa shape index (κ1) is 16.0. The number of carbonyl (C=O) groups excluding carboxylic acids is 1. The Hall–Kier alpha value is -2.34. The summed E-state index contributed by atoms with van der Waals surface area (Å²) in [5, 5.41) is 11.6. The topological polar surface area (TPSA) is 75.6 Å². The fourth-order valence-corrected chi connectivity index (χ4v) is 2.43. The van der Waals surface area contributed by atoms with Gasteiger partial charge in [0.05, 0.1) is 11.3 Å². The number of carboxylic acids is 1. The summed E-state index contributed by atoms with van der Waals surface area (Å²) in [6.07, 6.45) is -0.648. The van der Waals surface area contributed by atoms with E-state index in [-0.39, 0.29) is 12.2 Å². The third-order valence-electron chi connectivity index (χ3n) is 2.99. The number of amides is 1. The Labute approximate surface area is 136 Å². The van der Waals surface area contributed by atoms with Crippen LogP contribution in [-0.2, 0) is 11.3 Å². The summed E-state index contributed by atoms with van der Waals surface area (Å²) < 4.78 is 5.69. The van der Waals surface area contributed by atoms with Gasteiger partial charge in [-0.25, -0.2) is 9.59 Å². The summed E-state index contributed by atoms with van der Waals surface area (Å²) in [6.45, 7) is 1.83. The van der Waals surface area contributed by atoms with E-state index in [1.165, 1.54) is 6.07 Å². The molecule has 1 amide bonds. The standard InChI is InChI=1S/C16H14BrNO4/c1-10-7-13(17)14(8-12(10)15(19)20)18-16(21)22-9-11-5-3-2-4-6-11/h2-8H,9H2,1H3,(H,18,21)(H,19,20). The number of rotatable bonds is 4. The summed E-state index contributed by atoms with van der Waals surface area (Å²) in [5.41, 5.74) is 1.94. The average Bonchev–Trinajstić information content (AvgIpc) is 2.48. The Kier molecular flexibility index (Phi) is 5.16. The molecule has 0 aliphatic heterocycles. The molecule has 22 heavy (non-hydrogen) atoms. The summed E-state index contributed by atoms with van der Waals surface area (Å²) in [7, 11) is 0.